The molecule has 0 bridgehead atoms. The van der Waals surface area contributed by atoms with E-state index in [1.165, 1.54) is 45.5 Å². The summed E-state index contributed by atoms with van der Waals surface area (Å²) in [5.41, 5.74) is -1.33. The molecule has 160 valence electrons. The van der Waals surface area contributed by atoms with Crippen molar-refractivity contribution >= 4 is 22.8 Å². The Morgan fingerprint density at radius 3 is 2.33 bits per heavy atom. The number of imidazole rings is 1. The van der Waals surface area contributed by atoms with Gasteiger partial charge >= 0.3 is 11.9 Å². The molecular formula is C18H18F3N5O4. The fraction of sp³-hybridized carbons (Fsp3) is 0.333. The lowest BCUT2D eigenvalue weighted by atomic mass is 10.2. The van der Waals surface area contributed by atoms with Crippen molar-refractivity contribution in [3.8, 4) is 5.75 Å². The predicted octanol–water partition coefficient (Wildman–Crippen LogP) is 1.04. The molecule has 1 aromatic carbocycles. The van der Waals surface area contributed by atoms with Crippen LogP contribution < -0.4 is 20.9 Å². The van der Waals surface area contributed by atoms with Crippen LogP contribution in [0, 0.1) is 0 Å². The number of aromatic nitrogens is 4. The summed E-state index contributed by atoms with van der Waals surface area (Å²) in [5, 5.41) is 0. The van der Waals surface area contributed by atoms with E-state index in [4.69, 9.17) is 4.74 Å². The first-order chi connectivity index (χ1) is 14.0. The minimum Gasteiger partial charge on any atom is -0.497 e. The van der Waals surface area contributed by atoms with Crippen LogP contribution in [-0.2, 0) is 25.4 Å². The van der Waals surface area contributed by atoms with Gasteiger partial charge in [-0.2, -0.15) is 13.2 Å². The molecule has 0 radical (unpaired) electrons. The van der Waals surface area contributed by atoms with Crippen LogP contribution in [-0.4, -0.2) is 44.4 Å². The number of carbonyl (C=O) groups is 1. The van der Waals surface area contributed by atoms with Gasteiger partial charge in [-0.3, -0.25) is 18.7 Å². The SMILES string of the molecule is COc1ccc(N(CC(F)(F)F)C(=O)Cn2cnc3c2c(=O)n(C)c(=O)n3C)cc1. The molecule has 2 aromatic heterocycles. The average molecular weight is 425 g/mol. The predicted molar refractivity (Wildman–Crippen MR) is 102 cm³/mol. The summed E-state index contributed by atoms with van der Waals surface area (Å²) < 4.78 is 47.4. The monoisotopic (exact) mass is 425 g/mol. The minimum absolute atomic E-state index is 0.0165. The van der Waals surface area contributed by atoms with Crippen molar-refractivity contribution in [1.29, 1.82) is 0 Å². The summed E-state index contributed by atoms with van der Waals surface area (Å²) in [7, 11) is 4.07. The first-order valence-corrected chi connectivity index (χ1v) is 8.65. The quantitative estimate of drug-likeness (QED) is 0.609. The molecular weight excluding hydrogens is 407 g/mol. The van der Waals surface area contributed by atoms with Gasteiger partial charge in [0.05, 0.1) is 13.4 Å². The highest BCUT2D eigenvalue weighted by Crippen LogP contribution is 2.25. The zero-order valence-corrected chi connectivity index (χ0v) is 16.3. The maximum atomic E-state index is 13.1. The number of aryl methyl sites for hydroxylation is 1. The lowest BCUT2D eigenvalue weighted by Crippen LogP contribution is -2.41. The zero-order chi connectivity index (χ0) is 22.2. The molecule has 9 nitrogen and oxygen atoms in total. The molecule has 12 heteroatoms. The van der Waals surface area contributed by atoms with Gasteiger partial charge < -0.3 is 14.2 Å². The second-order valence-corrected chi connectivity index (χ2v) is 6.54. The van der Waals surface area contributed by atoms with Gasteiger partial charge in [-0.05, 0) is 24.3 Å². The number of ether oxygens (including phenoxy) is 1. The molecule has 0 aliphatic heterocycles. The summed E-state index contributed by atoms with van der Waals surface area (Å²) in [6, 6.07) is 5.53. The first kappa shape index (κ1) is 21.1. The molecule has 0 N–H and O–H groups in total. The number of rotatable bonds is 5. The van der Waals surface area contributed by atoms with Crippen molar-refractivity contribution in [2.24, 2.45) is 14.1 Å². The first-order valence-electron chi connectivity index (χ1n) is 8.65. The maximum absolute atomic E-state index is 13.1. The number of methoxy groups -OCH3 is 1. The molecule has 3 rings (SSSR count). The molecule has 0 aliphatic rings. The van der Waals surface area contributed by atoms with Crippen LogP contribution in [0.5, 0.6) is 5.75 Å². The molecule has 2 heterocycles. The van der Waals surface area contributed by atoms with Gasteiger partial charge in [-0.25, -0.2) is 9.78 Å². The van der Waals surface area contributed by atoms with Crippen molar-refractivity contribution in [2.75, 3.05) is 18.6 Å². The smallest absolute Gasteiger partial charge is 0.406 e. The maximum Gasteiger partial charge on any atom is 0.406 e. The van der Waals surface area contributed by atoms with E-state index in [0.29, 0.717) is 10.6 Å². The normalized spacial score (nSPS) is 11.7. The van der Waals surface area contributed by atoms with E-state index in [9.17, 15) is 27.6 Å². The fourth-order valence-electron chi connectivity index (χ4n) is 3.01. The van der Waals surface area contributed by atoms with Crippen LogP contribution in [0.25, 0.3) is 11.2 Å². The molecule has 0 unspecified atom stereocenters. The molecule has 0 saturated carbocycles. The van der Waals surface area contributed by atoms with Crippen LogP contribution in [0.1, 0.15) is 0 Å². The molecule has 3 aromatic rings. The Labute approximate surface area is 167 Å². The fourth-order valence-corrected chi connectivity index (χ4v) is 3.01. The van der Waals surface area contributed by atoms with Gasteiger partial charge in [-0.15, -0.1) is 0 Å². The summed E-state index contributed by atoms with van der Waals surface area (Å²) in [6.07, 6.45) is -3.50. The Bertz CT molecular complexity index is 1210. The Hall–Kier alpha value is -3.57. The van der Waals surface area contributed by atoms with E-state index in [1.807, 2.05) is 0 Å². The Morgan fingerprint density at radius 1 is 1.13 bits per heavy atom. The Kier molecular flexibility index (Phi) is 5.42. The van der Waals surface area contributed by atoms with Gasteiger partial charge in [0.25, 0.3) is 5.56 Å². The van der Waals surface area contributed by atoms with Crippen LogP contribution in [0.2, 0.25) is 0 Å². The van der Waals surface area contributed by atoms with E-state index < -0.39 is 36.4 Å². The highest BCUT2D eigenvalue weighted by molar-refractivity contribution is 5.94. The lowest BCUT2D eigenvalue weighted by molar-refractivity contribution is -0.132. The highest BCUT2D eigenvalue weighted by Gasteiger charge is 2.34. The molecule has 0 spiro atoms. The number of carbonyl (C=O) groups excluding carboxylic acids is 1. The topological polar surface area (TPSA) is 91.4 Å². The van der Waals surface area contributed by atoms with Gasteiger partial charge in [-0.1, -0.05) is 0 Å². The van der Waals surface area contributed by atoms with E-state index in [1.54, 1.807) is 0 Å². The minimum atomic E-state index is -4.65. The number of fused-ring (bicyclic) bond motifs is 1. The van der Waals surface area contributed by atoms with Gasteiger partial charge in [0.2, 0.25) is 5.91 Å². The van der Waals surface area contributed by atoms with E-state index in [0.717, 1.165) is 20.0 Å². The van der Waals surface area contributed by atoms with Crippen LogP contribution in [0.4, 0.5) is 18.9 Å². The number of nitrogens with zero attached hydrogens (tertiary/aromatic N) is 5. The third-order valence-corrected chi connectivity index (χ3v) is 4.55. The number of hydrogen-bond acceptors (Lipinski definition) is 5. The second kappa shape index (κ2) is 7.69. The number of hydrogen-bond donors (Lipinski definition) is 0. The number of benzene rings is 1. The van der Waals surface area contributed by atoms with Crippen molar-refractivity contribution in [3.05, 3.63) is 51.4 Å². The third-order valence-electron chi connectivity index (χ3n) is 4.55. The van der Waals surface area contributed by atoms with Gasteiger partial charge in [0.1, 0.15) is 18.8 Å². The summed E-state index contributed by atoms with van der Waals surface area (Å²) in [4.78, 5) is 41.8. The van der Waals surface area contributed by atoms with Crippen LogP contribution >= 0.6 is 0 Å². The van der Waals surface area contributed by atoms with E-state index >= 15 is 0 Å². The van der Waals surface area contributed by atoms with E-state index in [-0.39, 0.29) is 16.9 Å². The summed E-state index contributed by atoms with van der Waals surface area (Å²) in [6.45, 7) is -2.09. The molecule has 30 heavy (non-hydrogen) atoms. The number of anilines is 1. The third kappa shape index (κ3) is 3.93. The molecule has 1 amide bonds. The van der Waals surface area contributed by atoms with Crippen LogP contribution in [0.15, 0.2) is 40.2 Å². The highest BCUT2D eigenvalue weighted by atomic mass is 19.4. The second-order valence-electron chi connectivity index (χ2n) is 6.54. The molecule has 0 fully saturated rings. The lowest BCUT2D eigenvalue weighted by Gasteiger charge is -2.24. The summed E-state index contributed by atoms with van der Waals surface area (Å²) in [5.74, 6) is -0.490. The number of alkyl halides is 3. The van der Waals surface area contributed by atoms with Gasteiger partial charge in [0, 0.05) is 19.8 Å². The van der Waals surface area contributed by atoms with Crippen molar-refractivity contribution < 1.29 is 22.7 Å². The number of halogens is 3. The molecule has 0 saturated heterocycles. The van der Waals surface area contributed by atoms with Crippen molar-refractivity contribution in [3.63, 3.8) is 0 Å². The summed E-state index contributed by atoms with van der Waals surface area (Å²) >= 11 is 0. The Balaban J connectivity index is 2.02. The van der Waals surface area contributed by atoms with Gasteiger partial charge in [0.15, 0.2) is 11.2 Å². The average Bonchev–Trinajstić information content (AvgIpc) is 3.12. The zero-order valence-electron chi connectivity index (χ0n) is 16.3. The number of amides is 1. The Morgan fingerprint density at radius 2 is 1.77 bits per heavy atom. The molecule has 0 aliphatic carbocycles. The van der Waals surface area contributed by atoms with E-state index in [2.05, 4.69) is 4.98 Å². The standard InChI is InChI=1S/C18H18F3N5O4/c1-23-15-14(16(28)24(2)17(23)29)25(10-22-15)8-13(27)26(9-18(19,20)21)11-4-6-12(30-3)7-5-11/h4-7,10H,8-9H2,1-3H3. The van der Waals surface area contributed by atoms with Crippen molar-refractivity contribution in [2.45, 2.75) is 12.7 Å². The van der Waals surface area contributed by atoms with Crippen LogP contribution in [0.3, 0.4) is 0 Å². The largest absolute Gasteiger partial charge is 0.497 e. The molecule has 0 atom stereocenters. The van der Waals surface area contributed by atoms with Crippen molar-refractivity contribution in [1.82, 2.24) is 18.7 Å².